The SMILES string of the molecule is CCn1cc(CN(C)Cc2ccc([C@H]3CN(C(C)=O)C[C@@H]3C(=O)N(C)C)cc2)cn1. The van der Waals surface area contributed by atoms with E-state index in [2.05, 4.69) is 54.4 Å². The van der Waals surface area contributed by atoms with Gasteiger partial charge >= 0.3 is 0 Å². The Bertz CT molecular complexity index is 874. The number of amides is 2. The van der Waals surface area contributed by atoms with Gasteiger partial charge in [0.05, 0.1) is 12.1 Å². The Morgan fingerprint density at radius 2 is 1.73 bits per heavy atom. The predicted molar refractivity (Wildman–Crippen MR) is 117 cm³/mol. The highest BCUT2D eigenvalue weighted by Gasteiger charge is 2.40. The van der Waals surface area contributed by atoms with Crippen molar-refractivity contribution in [2.45, 2.75) is 39.4 Å². The molecule has 2 aromatic rings. The Morgan fingerprint density at radius 1 is 1.07 bits per heavy atom. The van der Waals surface area contributed by atoms with Crippen molar-refractivity contribution >= 4 is 11.8 Å². The predicted octanol–water partition coefficient (Wildman–Crippen LogP) is 2.19. The summed E-state index contributed by atoms with van der Waals surface area (Å²) in [5, 5.41) is 4.33. The van der Waals surface area contributed by atoms with Gasteiger partial charge in [-0.15, -0.1) is 0 Å². The van der Waals surface area contributed by atoms with Crippen LogP contribution in [0.25, 0.3) is 0 Å². The second-order valence-corrected chi connectivity index (χ2v) is 8.49. The summed E-state index contributed by atoms with van der Waals surface area (Å²) in [5.74, 6) is -0.0399. The summed E-state index contributed by atoms with van der Waals surface area (Å²) >= 11 is 0. The first kappa shape index (κ1) is 22.0. The number of hydrogen-bond acceptors (Lipinski definition) is 4. The molecule has 1 fully saturated rings. The van der Waals surface area contributed by atoms with Gasteiger partial charge < -0.3 is 9.80 Å². The molecule has 3 rings (SSSR count). The third-order valence-electron chi connectivity index (χ3n) is 5.85. The minimum Gasteiger partial charge on any atom is -0.349 e. The Kier molecular flexibility index (Phi) is 6.92. The van der Waals surface area contributed by atoms with Crippen molar-refractivity contribution < 1.29 is 9.59 Å². The van der Waals surface area contributed by atoms with E-state index in [-0.39, 0.29) is 23.7 Å². The van der Waals surface area contributed by atoms with Gasteiger partial charge in [0.15, 0.2) is 0 Å². The van der Waals surface area contributed by atoms with E-state index in [9.17, 15) is 9.59 Å². The molecule has 2 amide bonds. The summed E-state index contributed by atoms with van der Waals surface area (Å²) in [4.78, 5) is 30.3. The average molecular weight is 412 g/mol. The van der Waals surface area contributed by atoms with E-state index in [1.165, 1.54) is 11.1 Å². The lowest BCUT2D eigenvalue weighted by Crippen LogP contribution is -2.34. The third kappa shape index (κ3) is 5.08. The number of rotatable bonds is 7. The van der Waals surface area contributed by atoms with Crippen molar-refractivity contribution in [3.05, 3.63) is 53.3 Å². The van der Waals surface area contributed by atoms with Crippen molar-refractivity contribution in [2.24, 2.45) is 5.92 Å². The number of carbonyl (C=O) groups excluding carboxylic acids is 2. The molecule has 7 heteroatoms. The van der Waals surface area contributed by atoms with Crippen LogP contribution in [0.15, 0.2) is 36.7 Å². The van der Waals surface area contributed by atoms with Crippen molar-refractivity contribution in [3.63, 3.8) is 0 Å². The standard InChI is InChI=1S/C23H33N5O2/c1-6-28-14-19(11-24-28)13-26(5)12-18-7-9-20(10-8-18)21-15-27(17(2)29)16-22(21)23(30)25(3)4/h7-11,14,21-22H,6,12-13,15-16H2,1-5H3/t21-,22+/m1/s1. The number of aromatic nitrogens is 2. The van der Waals surface area contributed by atoms with Crippen molar-refractivity contribution in [3.8, 4) is 0 Å². The van der Waals surface area contributed by atoms with E-state index in [4.69, 9.17) is 0 Å². The topological polar surface area (TPSA) is 61.7 Å². The van der Waals surface area contributed by atoms with E-state index < -0.39 is 0 Å². The van der Waals surface area contributed by atoms with Crippen molar-refractivity contribution in [1.82, 2.24) is 24.5 Å². The van der Waals surface area contributed by atoms with Gasteiger partial charge in [0, 0.05) is 71.4 Å². The molecule has 0 aliphatic carbocycles. The molecule has 2 heterocycles. The molecule has 162 valence electrons. The van der Waals surface area contributed by atoms with Gasteiger partial charge in [0.25, 0.3) is 0 Å². The largest absolute Gasteiger partial charge is 0.349 e. The second-order valence-electron chi connectivity index (χ2n) is 8.49. The molecule has 1 aromatic heterocycles. The van der Waals surface area contributed by atoms with Crippen molar-refractivity contribution in [2.75, 3.05) is 34.2 Å². The first-order chi connectivity index (χ1) is 14.3. The minimum absolute atomic E-state index is 0.0266. The Morgan fingerprint density at radius 3 is 2.30 bits per heavy atom. The number of nitrogens with zero attached hydrogens (tertiary/aromatic N) is 5. The van der Waals surface area contributed by atoms with Crippen LogP contribution in [0.2, 0.25) is 0 Å². The molecule has 0 N–H and O–H groups in total. The first-order valence-electron chi connectivity index (χ1n) is 10.5. The van der Waals surface area contributed by atoms with Gasteiger partial charge in [-0.05, 0) is 25.1 Å². The van der Waals surface area contributed by atoms with Gasteiger partial charge in [-0.25, -0.2) is 0 Å². The van der Waals surface area contributed by atoms with E-state index >= 15 is 0 Å². The fourth-order valence-corrected chi connectivity index (χ4v) is 4.19. The van der Waals surface area contributed by atoms with Crippen LogP contribution in [-0.2, 0) is 29.2 Å². The second kappa shape index (κ2) is 9.43. The molecule has 0 unspecified atom stereocenters. The van der Waals surface area contributed by atoms with Gasteiger partial charge in [-0.3, -0.25) is 19.2 Å². The number of likely N-dealkylation sites (tertiary alicyclic amines) is 1. The molecule has 7 nitrogen and oxygen atoms in total. The zero-order valence-corrected chi connectivity index (χ0v) is 18.7. The maximum Gasteiger partial charge on any atom is 0.227 e. The summed E-state index contributed by atoms with van der Waals surface area (Å²) in [7, 11) is 5.66. The van der Waals surface area contributed by atoms with Crippen LogP contribution >= 0.6 is 0 Å². The Hall–Kier alpha value is -2.67. The lowest BCUT2D eigenvalue weighted by molar-refractivity contribution is -0.133. The van der Waals surface area contributed by atoms with Crippen molar-refractivity contribution in [1.29, 1.82) is 0 Å². The lowest BCUT2D eigenvalue weighted by Gasteiger charge is -2.22. The average Bonchev–Trinajstić information content (AvgIpc) is 3.35. The Labute approximate surface area is 179 Å². The maximum absolute atomic E-state index is 12.7. The highest BCUT2D eigenvalue weighted by atomic mass is 16.2. The summed E-state index contributed by atoms with van der Waals surface area (Å²) in [5.41, 5.74) is 3.55. The van der Waals surface area contributed by atoms with Crippen LogP contribution in [0.4, 0.5) is 0 Å². The fourth-order valence-electron chi connectivity index (χ4n) is 4.19. The smallest absolute Gasteiger partial charge is 0.227 e. The van der Waals surface area contributed by atoms with Gasteiger partial charge in [0.2, 0.25) is 11.8 Å². The number of hydrogen-bond donors (Lipinski definition) is 0. The molecule has 1 aromatic carbocycles. The number of carbonyl (C=O) groups is 2. The molecule has 0 saturated carbocycles. The molecular formula is C23H33N5O2. The van der Waals surface area contributed by atoms with Gasteiger partial charge in [0.1, 0.15) is 0 Å². The molecule has 2 atom stereocenters. The molecular weight excluding hydrogens is 378 g/mol. The highest BCUT2D eigenvalue weighted by molar-refractivity contribution is 5.82. The molecule has 0 bridgehead atoms. The van der Waals surface area contributed by atoms with Crippen LogP contribution in [0.1, 0.15) is 36.5 Å². The van der Waals surface area contributed by atoms with Crippen LogP contribution < -0.4 is 0 Å². The fraction of sp³-hybridized carbons (Fsp3) is 0.522. The Balaban J connectivity index is 1.67. The van der Waals surface area contributed by atoms with E-state index in [0.717, 1.165) is 25.2 Å². The molecule has 0 spiro atoms. The quantitative estimate of drug-likeness (QED) is 0.701. The molecule has 0 radical (unpaired) electrons. The van der Waals surface area contributed by atoms with E-state index in [1.807, 2.05) is 10.9 Å². The van der Waals surface area contributed by atoms with Crippen LogP contribution in [-0.4, -0.2) is 70.5 Å². The molecule has 30 heavy (non-hydrogen) atoms. The van der Waals surface area contributed by atoms with Crippen LogP contribution in [0.5, 0.6) is 0 Å². The first-order valence-corrected chi connectivity index (χ1v) is 10.5. The maximum atomic E-state index is 12.7. The van der Waals surface area contributed by atoms with Crippen LogP contribution in [0.3, 0.4) is 0 Å². The normalized spacial score (nSPS) is 18.8. The van der Waals surface area contributed by atoms with Crippen LogP contribution in [0, 0.1) is 5.92 Å². The van der Waals surface area contributed by atoms with Gasteiger partial charge in [-0.1, -0.05) is 24.3 Å². The summed E-state index contributed by atoms with van der Waals surface area (Å²) in [6.07, 6.45) is 4.01. The molecule has 1 saturated heterocycles. The molecule has 1 aliphatic heterocycles. The van der Waals surface area contributed by atoms with E-state index in [0.29, 0.717) is 13.1 Å². The summed E-state index contributed by atoms with van der Waals surface area (Å²) in [6.45, 7) is 7.30. The third-order valence-corrected chi connectivity index (χ3v) is 5.85. The molecule has 1 aliphatic rings. The monoisotopic (exact) mass is 411 g/mol. The number of aryl methyl sites for hydroxylation is 1. The highest BCUT2D eigenvalue weighted by Crippen LogP contribution is 2.34. The van der Waals surface area contributed by atoms with Gasteiger partial charge in [-0.2, -0.15) is 5.10 Å². The summed E-state index contributed by atoms with van der Waals surface area (Å²) in [6, 6.07) is 8.49. The zero-order chi connectivity index (χ0) is 21.8. The number of benzene rings is 1. The summed E-state index contributed by atoms with van der Waals surface area (Å²) < 4.78 is 1.94. The minimum atomic E-state index is -0.187. The zero-order valence-electron chi connectivity index (χ0n) is 18.7. The lowest BCUT2D eigenvalue weighted by atomic mass is 9.87. The van der Waals surface area contributed by atoms with E-state index in [1.54, 1.807) is 30.8 Å².